The third-order valence-electron chi connectivity index (χ3n) is 1.57. The van der Waals surface area contributed by atoms with E-state index in [1.54, 1.807) is 11.8 Å². The highest BCUT2D eigenvalue weighted by Gasteiger charge is 2.24. The SMILES string of the molecule is CCOC(=O)C1CSC(CC)=N1. The van der Waals surface area contributed by atoms with E-state index >= 15 is 0 Å². The fraction of sp³-hybridized carbons (Fsp3) is 0.750. The van der Waals surface area contributed by atoms with Crippen molar-refractivity contribution in [3.8, 4) is 0 Å². The van der Waals surface area contributed by atoms with Gasteiger partial charge >= 0.3 is 5.97 Å². The Labute approximate surface area is 76.6 Å². The summed E-state index contributed by atoms with van der Waals surface area (Å²) in [6.07, 6.45) is 0.917. The van der Waals surface area contributed by atoms with Gasteiger partial charge in [-0.1, -0.05) is 6.92 Å². The van der Waals surface area contributed by atoms with Gasteiger partial charge in [0.2, 0.25) is 0 Å². The molecule has 0 aromatic carbocycles. The first-order chi connectivity index (χ1) is 5.77. The molecule has 0 aromatic rings. The van der Waals surface area contributed by atoms with Crippen LogP contribution in [0.1, 0.15) is 20.3 Å². The summed E-state index contributed by atoms with van der Waals surface area (Å²) in [5, 5.41) is 1.06. The van der Waals surface area contributed by atoms with E-state index in [0.29, 0.717) is 6.61 Å². The first-order valence-electron chi connectivity index (χ1n) is 4.14. The fourth-order valence-corrected chi connectivity index (χ4v) is 1.94. The molecule has 68 valence electrons. The molecule has 1 heterocycles. The maximum Gasteiger partial charge on any atom is 0.331 e. The van der Waals surface area contributed by atoms with E-state index in [2.05, 4.69) is 4.99 Å². The number of carbonyl (C=O) groups is 1. The molecule has 0 aliphatic carbocycles. The third kappa shape index (κ3) is 2.24. The Morgan fingerprint density at radius 2 is 2.50 bits per heavy atom. The lowest BCUT2D eigenvalue weighted by Crippen LogP contribution is -2.21. The minimum Gasteiger partial charge on any atom is -0.464 e. The highest BCUT2D eigenvalue weighted by Crippen LogP contribution is 2.20. The van der Waals surface area contributed by atoms with Gasteiger partial charge in [-0.05, 0) is 13.3 Å². The van der Waals surface area contributed by atoms with E-state index in [0.717, 1.165) is 17.2 Å². The first-order valence-corrected chi connectivity index (χ1v) is 5.12. The number of rotatable bonds is 3. The summed E-state index contributed by atoms with van der Waals surface area (Å²) in [4.78, 5) is 15.4. The lowest BCUT2D eigenvalue weighted by Gasteiger charge is -2.03. The Hall–Kier alpha value is -0.510. The Morgan fingerprint density at radius 3 is 3.00 bits per heavy atom. The number of hydrogen-bond acceptors (Lipinski definition) is 4. The Kier molecular flexibility index (Phi) is 3.59. The van der Waals surface area contributed by atoms with Crippen molar-refractivity contribution in [2.75, 3.05) is 12.4 Å². The fourth-order valence-electron chi connectivity index (χ4n) is 0.976. The second-order valence-electron chi connectivity index (χ2n) is 2.46. The molecule has 0 saturated heterocycles. The second-order valence-corrected chi connectivity index (χ2v) is 3.55. The van der Waals surface area contributed by atoms with Gasteiger partial charge in [0.1, 0.15) is 0 Å². The molecule has 3 nitrogen and oxygen atoms in total. The molecule has 1 unspecified atom stereocenters. The number of hydrogen-bond donors (Lipinski definition) is 0. The summed E-state index contributed by atoms with van der Waals surface area (Å²) in [6, 6.07) is -0.245. The van der Waals surface area contributed by atoms with Crippen molar-refractivity contribution in [1.29, 1.82) is 0 Å². The van der Waals surface area contributed by atoms with Crippen LogP contribution in [0.4, 0.5) is 0 Å². The lowest BCUT2D eigenvalue weighted by atomic mass is 10.3. The summed E-state index contributed by atoms with van der Waals surface area (Å²) >= 11 is 1.65. The lowest BCUT2D eigenvalue weighted by molar-refractivity contribution is -0.143. The van der Waals surface area contributed by atoms with Crippen molar-refractivity contribution < 1.29 is 9.53 Å². The van der Waals surface area contributed by atoms with Gasteiger partial charge in [-0.2, -0.15) is 0 Å². The van der Waals surface area contributed by atoms with Gasteiger partial charge in [-0.25, -0.2) is 4.79 Å². The predicted molar refractivity (Wildman–Crippen MR) is 50.6 cm³/mol. The van der Waals surface area contributed by atoms with Crippen LogP contribution in [0.25, 0.3) is 0 Å². The normalized spacial score (nSPS) is 22.2. The van der Waals surface area contributed by atoms with E-state index in [-0.39, 0.29) is 12.0 Å². The van der Waals surface area contributed by atoms with Crippen LogP contribution in [0.5, 0.6) is 0 Å². The largest absolute Gasteiger partial charge is 0.464 e. The zero-order chi connectivity index (χ0) is 8.97. The van der Waals surface area contributed by atoms with Gasteiger partial charge in [0.05, 0.1) is 11.7 Å². The minimum atomic E-state index is -0.245. The number of nitrogens with zero attached hydrogens (tertiary/aromatic N) is 1. The molecule has 1 aliphatic heterocycles. The van der Waals surface area contributed by atoms with E-state index in [1.807, 2.05) is 13.8 Å². The summed E-state index contributed by atoms with van der Waals surface area (Å²) in [6.45, 7) is 4.29. The van der Waals surface area contributed by atoms with E-state index < -0.39 is 0 Å². The monoisotopic (exact) mass is 187 g/mol. The van der Waals surface area contributed by atoms with Gasteiger partial charge in [0, 0.05) is 5.75 Å². The number of carbonyl (C=O) groups excluding carboxylic acids is 1. The molecule has 0 radical (unpaired) electrons. The molecule has 0 spiro atoms. The Bertz CT molecular complexity index is 203. The van der Waals surface area contributed by atoms with Crippen molar-refractivity contribution in [3.63, 3.8) is 0 Å². The smallest absolute Gasteiger partial charge is 0.331 e. The van der Waals surface area contributed by atoms with E-state index in [4.69, 9.17) is 4.74 Å². The van der Waals surface area contributed by atoms with Crippen LogP contribution in [0.3, 0.4) is 0 Å². The van der Waals surface area contributed by atoms with Crippen LogP contribution >= 0.6 is 11.8 Å². The van der Waals surface area contributed by atoms with Crippen LogP contribution in [-0.4, -0.2) is 29.4 Å². The molecule has 0 fully saturated rings. The molecule has 12 heavy (non-hydrogen) atoms. The van der Waals surface area contributed by atoms with Crippen molar-refractivity contribution in [2.45, 2.75) is 26.3 Å². The summed E-state index contributed by atoms with van der Waals surface area (Å²) < 4.78 is 4.86. The highest BCUT2D eigenvalue weighted by molar-refractivity contribution is 8.14. The predicted octanol–water partition coefficient (Wildman–Crippen LogP) is 1.47. The van der Waals surface area contributed by atoms with Crippen molar-refractivity contribution in [1.82, 2.24) is 0 Å². The van der Waals surface area contributed by atoms with Crippen molar-refractivity contribution in [3.05, 3.63) is 0 Å². The molecule has 1 aliphatic rings. The number of aliphatic imine (C=N–C) groups is 1. The molecule has 4 heteroatoms. The quantitative estimate of drug-likeness (QED) is 0.628. The number of thioether (sulfide) groups is 1. The van der Waals surface area contributed by atoms with Crippen LogP contribution < -0.4 is 0 Å². The zero-order valence-corrected chi connectivity index (χ0v) is 8.19. The summed E-state index contributed by atoms with van der Waals surface area (Å²) in [5.74, 6) is 0.565. The molecule has 0 amide bonds. The minimum absolute atomic E-state index is 0.187. The maximum atomic E-state index is 11.2. The molecule has 1 rings (SSSR count). The average molecular weight is 187 g/mol. The van der Waals surface area contributed by atoms with E-state index in [1.165, 1.54) is 0 Å². The van der Waals surface area contributed by atoms with Gasteiger partial charge in [0.25, 0.3) is 0 Å². The second kappa shape index (κ2) is 4.50. The molecular weight excluding hydrogens is 174 g/mol. The topological polar surface area (TPSA) is 38.7 Å². The van der Waals surface area contributed by atoms with Crippen LogP contribution in [-0.2, 0) is 9.53 Å². The standard InChI is InChI=1S/C8H13NO2S/c1-3-7-9-6(5-12-7)8(10)11-4-2/h6H,3-5H2,1-2H3. The average Bonchev–Trinajstić information content (AvgIpc) is 2.52. The van der Waals surface area contributed by atoms with Crippen LogP contribution in [0.2, 0.25) is 0 Å². The highest BCUT2D eigenvalue weighted by atomic mass is 32.2. The molecule has 0 N–H and O–H groups in total. The molecular formula is C8H13NO2S. The molecule has 0 saturated carbocycles. The van der Waals surface area contributed by atoms with Crippen LogP contribution in [0, 0.1) is 0 Å². The first kappa shape index (κ1) is 9.58. The maximum absolute atomic E-state index is 11.2. The zero-order valence-electron chi connectivity index (χ0n) is 7.37. The third-order valence-corrected chi connectivity index (χ3v) is 2.78. The van der Waals surface area contributed by atoms with Gasteiger partial charge in [-0.15, -0.1) is 11.8 Å². The van der Waals surface area contributed by atoms with Crippen molar-refractivity contribution >= 4 is 22.8 Å². The number of esters is 1. The van der Waals surface area contributed by atoms with Gasteiger partial charge in [0.15, 0.2) is 6.04 Å². The summed E-state index contributed by atoms with van der Waals surface area (Å²) in [7, 11) is 0. The summed E-state index contributed by atoms with van der Waals surface area (Å²) in [5.41, 5.74) is 0. The van der Waals surface area contributed by atoms with Crippen LogP contribution in [0.15, 0.2) is 4.99 Å². The molecule has 0 aromatic heterocycles. The Balaban J connectivity index is 2.45. The number of ether oxygens (including phenoxy) is 1. The van der Waals surface area contributed by atoms with E-state index in [9.17, 15) is 4.79 Å². The van der Waals surface area contributed by atoms with Gasteiger partial charge in [-0.3, -0.25) is 4.99 Å². The van der Waals surface area contributed by atoms with Gasteiger partial charge < -0.3 is 4.74 Å². The van der Waals surface area contributed by atoms with Crippen molar-refractivity contribution in [2.24, 2.45) is 4.99 Å². The molecule has 0 bridgehead atoms. The molecule has 1 atom stereocenters. The Morgan fingerprint density at radius 1 is 1.75 bits per heavy atom.